The number of hydrogen-bond donors (Lipinski definition) is 1. The van der Waals surface area contributed by atoms with Gasteiger partial charge in [-0.15, -0.1) is 0 Å². The number of aliphatic carboxylic acids is 1. The highest BCUT2D eigenvalue weighted by atomic mass is 19.4. The molecule has 11 heteroatoms. The molecule has 0 fully saturated rings. The van der Waals surface area contributed by atoms with E-state index in [9.17, 15) is 44.3 Å². The van der Waals surface area contributed by atoms with Crippen LogP contribution in [0.3, 0.4) is 0 Å². The Labute approximate surface area is 99.0 Å². The summed E-state index contributed by atoms with van der Waals surface area (Å²) in [7, 11) is 0. The highest BCUT2D eigenvalue weighted by Gasteiger charge is 2.75. The monoisotopic (exact) mass is 304 g/mol. The standard InChI is InChI=1S/C8H5F9O2/c1-3(4(18)19)7(14,15)8(16,17)5(9,10)2-6(11,12)13/h1-2H2,(H,18,19). The van der Waals surface area contributed by atoms with Crippen LogP contribution in [0.2, 0.25) is 0 Å². The van der Waals surface area contributed by atoms with Gasteiger partial charge in [0, 0.05) is 0 Å². The largest absolute Gasteiger partial charge is 0.478 e. The Morgan fingerprint density at radius 3 is 1.58 bits per heavy atom. The van der Waals surface area contributed by atoms with Crippen molar-refractivity contribution >= 4 is 5.97 Å². The third-order valence-electron chi connectivity index (χ3n) is 1.91. The molecule has 1 N–H and O–H groups in total. The van der Waals surface area contributed by atoms with Crippen LogP contribution in [-0.2, 0) is 4.79 Å². The van der Waals surface area contributed by atoms with E-state index in [0.717, 1.165) is 0 Å². The van der Waals surface area contributed by atoms with Gasteiger partial charge in [0.1, 0.15) is 12.0 Å². The second-order valence-electron chi connectivity index (χ2n) is 3.43. The molecule has 0 aliphatic heterocycles. The van der Waals surface area contributed by atoms with E-state index in [1.165, 1.54) is 0 Å². The smallest absolute Gasteiger partial charge is 0.395 e. The normalized spacial score (nSPS) is 14.4. The summed E-state index contributed by atoms with van der Waals surface area (Å²) in [5.41, 5.74) is -2.64. The zero-order valence-electron chi connectivity index (χ0n) is 8.67. The molecule has 0 radical (unpaired) electrons. The predicted molar refractivity (Wildman–Crippen MR) is 42.3 cm³/mol. The number of halogens is 9. The van der Waals surface area contributed by atoms with Crippen molar-refractivity contribution in [3.8, 4) is 0 Å². The average molecular weight is 304 g/mol. The van der Waals surface area contributed by atoms with E-state index in [1.807, 2.05) is 6.58 Å². The zero-order chi connectivity index (χ0) is 15.9. The van der Waals surface area contributed by atoms with Gasteiger partial charge in [0.25, 0.3) is 0 Å². The fourth-order valence-corrected chi connectivity index (χ4v) is 0.916. The van der Waals surface area contributed by atoms with Gasteiger partial charge in [-0.3, -0.25) is 0 Å². The molecule has 0 spiro atoms. The molecule has 0 aliphatic rings. The molecule has 0 aromatic rings. The predicted octanol–water partition coefficient (Wildman–Crippen LogP) is 3.49. The zero-order valence-corrected chi connectivity index (χ0v) is 8.67. The molecular weight excluding hydrogens is 299 g/mol. The van der Waals surface area contributed by atoms with E-state index in [1.54, 1.807) is 0 Å². The fourth-order valence-electron chi connectivity index (χ4n) is 0.916. The van der Waals surface area contributed by atoms with Gasteiger partial charge in [-0.2, -0.15) is 39.5 Å². The third kappa shape index (κ3) is 3.32. The van der Waals surface area contributed by atoms with Gasteiger partial charge in [-0.25, -0.2) is 4.79 Å². The van der Waals surface area contributed by atoms with Crippen LogP contribution in [0.25, 0.3) is 0 Å². The van der Waals surface area contributed by atoms with E-state index in [4.69, 9.17) is 5.11 Å². The minimum atomic E-state index is -6.56. The molecule has 0 aromatic heterocycles. The molecule has 0 unspecified atom stereocenters. The van der Waals surface area contributed by atoms with Gasteiger partial charge in [-0.05, 0) is 0 Å². The topological polar surface area (TPSA) is 37.3 Å². The maximum Gasteiger partial charge on any atom is 0.395 e. The minimum Gasteiger partial charge on any atom is -0.478 e. The van der Waals surface area contributed by atoms with Crippen molar-refractivity contribution in [1.29, 1.82) is 0 Å². The van der Waals surface area contributed by atoms with Crippen LogP contribution in [0.4, 0.5) is 39.5 Å². The molecule has 19 heavy (non-hydrogen) atoms. The minimum absolute atomic E-state index is 1.96. The van der Waals surface area contributed by atoms with Crippen molar-refractivity contribution in [3.05, 3.63) is 12.2 Å². The van der Waals surface area contributed by atoms with Gasteiger partial charge in [-0.1, -0.05) is 6.58 Å². The summed E-state index contributed by atoms with van der Waals surface area (Å²) in [4.78, 5) is 10.0. The Bertz CT molecular complexity index is 382. The number of carboxylic acid groups (broad SMARTS) is 1. The molecule has 0 rings (SSSR count). The first-order valence-corrected chi connectivity index (χ1v) is 4.19. The Hall–Kier alpha value is -1.42. The van der Waals surface area contributed by atoms with Crippen LogP contribution in [0, 0.1) is 0 Å². The van der Waals surface area contributed by atoms with Crippen molar-refractivity contribution in [2.45, 2.75) is 30.4 Å². The molecule has 0 aromatic carbocycles. The van der Waals surface area contributed by atoms with Crippen LogP contribution in [-0.4, -0.2) is 35.0 Å². The van der Waals surface area contributed by atoms with E-state index >= 15 is 0 Å². The highest BCUT2D eigenvalue weighted by molar-refractivity contribution is 5.88. The van der Waals surface area contributed by atoms with Crippen LogP contribution < -0.4 is 0 Å². The molecule has 112 valence electrons. The summed E-state index contributed by atoms with van der Waals surface area (Å²) in [5.74, 6) is -21.6. The lowest BCUT2D eigenvalue weighted by Crippen LogP contribution is -2.57. The summed E-state index contributed by atoms with van der Waals surface area (Å²) in [6, 6.07) is 0. The number of alkyl halides is 9. The summed E-state index contributed by atoms with van der Waals surface area (Å²) in [5, 5.41) is 8.00. The van der Waals surface area contributed by atoms with E-state index < -0.39 is 41.9 Å². The fraction of sp³-hybridized carbons (Fsp3) is 0.625. The van der Waals surface area contributed by atoms with Crippen LogP contribution in [0.5, 0.6) is 0 Å². The first-order valence-electron chi connectivity index (χ1n) is 4.19. The first kappa shape index (κ1) is 17.6. The Balaban J connectivity index is 5.58. The quantitative estimate of drug-likeness (QED) is 0.623. The number of carboxylic acids is 1. The third-order valence-corrected chi connectivity index (χ3v) is 1.91. The lowest BCUT2D eigenvalue weighted by atomic mass is 9.96. The van der Waals surface area contributed by atoms with Crippen molar-refractivity contribution in [3.63, 3.8) is 0 Å². The van der Waals surface area contributed by atoms with E-state index in [2.05, 4.69) is 0 Å². The number of hydrogen-bond acceptors (Lipinski definition) is 1. The van der Waals surface area contributed by atoms with E-state index in [-0.39, 0.29) is 0 Å². The summed E-state index contributed by atoms with van der Waals surface area (Å²) in [6.45, 7) is 1.96. The summed E-state index contributed by atoms with van der Waals surface area (Å²) >= 11 is 0. The maximum absolute atomic E-state index is 12.8. The average Bonchev–Trinajstić information content (AvgIpc) is 2.11. The molecule has 0 aliphatic carbocycles. The Morgan fingerprint density at radius 2 is 1.32 bits per heavy atom. The van der Waals surface area contributed by atoms with Gasteiger partial charge >= 0.3 is 29.9 Å². The van der Waals surface area contributed by atoms with Gasteiger partial charge in [0.05, 0.1) is 0 Å². The molecule has 0 heterocycles. The van der Waals surface area contributed by atoms with Crippen molar-refractivity contribution in [2.75, 3.05) is 0 Å². The van der Waals surface area contributed by atoms with Gasteiger partial charge < -0.3 is 5.11 Å². The van der Waals surface area contributed by atoms with Crippen LogP contribution in [0.1, 0.15) is 6.42 Å². The Kier molecular flexibility index (Phi) is 4.26. The molecule has 0 atom stereocenters. The first-order chi connectivity index (χ1) is 8.06. The molecule has 0 bridgehead atoms. The molecule has 0 saturated carbocycles. The van der Waals surface area contributed by atoms with Crippen molar-refractivity contribution < 1.29 is 49.4 Å². The lowest BCUT2D eigenvalue weighted by Gasteiger charge is -2.33. The molecule has 0 saturated heterocycles. The Morgan fingerprint density at radius 1 is 0.947 bits per heavy atom. The van der Waals surface area contributed by atoms with Crippen molar-refractivity contribution in [1.82, 2.24) is 0 Å². The van der Waals surface area contributed by atoms with Crippen LogP contribution >= 0.6 is 0 Å². The second-order valence-corrected chi connectivity index (χ2v) is 3.43. The maximum atomic E-state index is 12.8. The number of rotatable bonds is 5. The molecular formula is C8H5F9O2. The van der Waals surface area contributed by atoms with Gasteiger partial charge in [0.15, 0.2) is 0 Å². The van der Waals surface area contributed by atoms with E-state index in [0.29, 0.717) is 0 Å². The van der Waals surface area contributed by atoms with Crippen LogP contribution in [0.15, 0.2) is 12.2 Å². The molecule has 2 nitrogen and oxygen atoms in total. The van der Waals surface area contributed by atoms with Crippen molar-refractivity contribution in [2.24, 2.45) is 0 Å². The van der Waals surface area contributed by atoms with Gasteiger partial charge in [0.2, 0.25) is 0 Å². The summed E-state index contributed by atoms with van der Waals surface area (Å²) in [6.07, 6.45) is -9.39. The second kappa shape index (κ2) is 4.60. The summed E-state index contributed by atoms with van der Waals surface area (Å²) < 4.78 is 111. The molecule has 0 amide bonds. The highest BCUT2D eigenvalue weighted by Crippen LogP contribution is 2.52. The number of carbonyl (C=O) groups is 1. The SMILES string of the molecule is C=C(C(=O)O)C(F)(F)C(F)(F)C(F)(F)CC(F)(F)F. The lowest BCUT2D eigenvalue weighted by molar-refractivity contribution is -0.320.